The molecule has 0 radical (unpaired) electrons. The summed E-state index contributed by atoms with van der Waals surface area (Å²) in [5.74, 6) is 0.854. The van der Waals surface area contributed by atoms with Crippen LogP contribution in [0.3, 0.4) is 0 Å². The summed E-state index contributed by atoms with van der Waals surface area (Å²) in [5, 5.41) is 10.3. The third-order valence-electron chi connectivity index (χ3n) is 3.60. The lowest BCUT2D eigenvalue weighted by Crippen LogP contribution is -2.35. The highest BCUT2D eigenvalue weighted by atomic mass is 16.5. The Kier molecular flexibility index (Phi) is 6.89. The molecule has 0 saturated heterocycles. The van der Waals surface area contributed by atoms with Crippen LogP contribution in [0.15, 0.2) is 24.3 Å². The number of likely N-dealkylation sites (N-methyl/N-ethyl adjacent to an activating group) is 1. The zero-order chi connectivity index (χ0) is 14.3. The number of hydrogen-bond acceptors (Lipinski definition) is 3. The summed E-state index contributed by atoms with van der Waals surface area (Å²) in [6.45, 7) is 10.8. The SMILES string of the molecule is CCOc1ccc(C(O)CN(CC)C(C)CC)cc1. The first-order valence-electron chi connectivity index (χ1n) is 7.27. The zero-order valence-corrected chi connectivity index (χ0v) is 12.6. The summed E-state index contributed by atoms with van der Waals surface area (Å²) in [6, 6.07) is 8.23. The topological polar surface area (TPSA) is 32.7 Å². The van der Waals surface area contributed by atoms with Gasteiger partial charge < -0.3 is 9.84 Å². The van der Waals surface area contributed by atoms with Crippen molar-refractivity contribution in [2.24, 2.45) is 0 Å². The molecule has 0 bridgehead atoms. The monoisotopic (exact) mass is 265 g/mol. The molecule has 108 valence electrons. The van der Waals surface area contributed by atoms with Gasteiger partial charge in [0.05, 0.1) is 12.7 Å². The first kappa shape index (κ1) is 16.0. The van der Waals surface area contributed by atoms with E-state index in [1.165, 1.54) is 0 Å². The van der Waals surface area contributed by atoms with Crippen molar-refractivity contribution in [1.82, 2.24) is 4.90 Å². The summed E-state index contributed by atoms with van der Waals surface area (Å²) >= 11 is 0. The van der Waals surface area contributed by atoms with Crippen molar-refractivity contribution in [1.29, 1.82) is 0 Å². The predicted molar refractivity (Wildman–Crippen MR) is 79.6 cm³/mol. The van der Waals surface area contributed by atoms with Crippen LogP contribution in [0.5, 0.6) is 5.75 Å². The maximum absolute atomic E-state index is 10.3. The lowest BCUT2D eigenvalue weighted by atomic mass is 10.1. The maximum atomic E-state index is 10.3. The minimum Gasteiger partial charge on any atom is -0.494 e. The van der Waals surface area contributed by atoms with Crippen molar-refractivity contribution in [2.45, 2.75) is 46.3 Å². The number of nitrogens with zero attached hydrogens (tertiary/aromatic N) is 1. The molecule has 0 saturated carbocycles. The van der Waals surface area contributed by atoms with E-state index < -0.39 is 6.10 Å². The summed E-state index contributed by atoms with van der Waals surface area (Å²) in [6.07, 6.45) is 0.661. The molecular formula is C16H27NO2. The highest BCUT2D eigenvalue weighted by Crippen LogP contribution is 2.19. The highest BCUT2D eigenvalue weighted by Gasteiger charge is 2.16. The standard InChI is InChI=1S/C16H27NO2/c1-5-13(4)17(6-2)12-16(18)14-8-10-15(11-9-14)19-7-3/h8-11,13,16,18H,5-7,12H2,1-4H3. The molecule has 2 atom stereocenters. The average Bonchev–Trinajstić information content (AvgIpc) is 2.44. The van der Waals surface area contributed by atoms with Crippen LogP contribution in [-0.4, -0.2) is 35.7 Å². The Morgan fingerprint density at radius 1 is 1.16 bits per heavy atom. The van der Waals surface area contributed by atoms with Crippen molar-refractivity contribution in [3.8, 4) is 5.75 Å². The van der Waals surface area contributed by atoms with Gasteiger partial charge in [-0.25, -0.2) is 0 Å². The number of ether oxygens (including phenoxy) is 1. The molecule has 1 aromatic carbocycles. The normalized spacial score (nSPS) is 14.4. The van der Waals surface area contributed by atoms with Crippen molar-refractivity contribution < 1.29 is 9.84 Å². The van der Waals surface area contributed by atoms with Gasteiger partial charge in [0.1, 0.15) is 5.75 Å². The summed E-state index contributed by atoms with van der Waals surface area (Å²) in [4.78, 5) is 2.31. The molecule has 1 N–H and O–H groups in total. The Hall–Kier alpha value is -1.06. The first-order chi connectivity index (χ1) is 9.12. The van der Waals surface area contributed by atoms with Crippen molar-refractivity contribution in [3.63, 3.8) is 0 Å². The Morgan fingerprint density at radius 2 is 1.79 bits per heavy atom. The van der Waals surface area contributed by atoms with E-state index >= 15 is 0 Å². The number of benzene rings is 1. The van der Waals surface area contributed by atoms with Crippen LogP contribution in [0.25, 0.3) is 0 Å². The Labute approximate surface area is 117 Å². The lowest BCUT2D eigenvalue weighted by molar-refractivity contribution is 0.0934. The fraction of sp³-hybridized carbons (Fsp3) is 0.625. The Balaban J connectivity index is 2.63. The fourth-order valence-electron chi connectivity index (χ4n) is 2.16. The summed E-state index contributed by atoms with van der Waals surface area (Å²) in [7, 11) is 0. The zero-order valence-electron chi connectivity index (χ0n) is 12.6. The quantitative estimate of drug-likeness (QED) is 0.783. The molecule has 0 fully saturated rings. The number of aliphatic hydroxyl groups is 1. The molecule has 0 aromatic heterocycles. The van der Waals surface area contributed by atoms with Gasteiger partial charge in [-0.3, -0.25) is 4.90 Å². The molecule has 19 heavy (non-hydrogen) atoms. The van der Waals surface area contributed by atoms with Gasteiger partial charge in [0.2, 0.25) is 0 Å². The smallest absolute Gasteiger partial charge is 0.119 e. The minimum absolute atomic E-state index is 0.440. The van der Waals surface area contributed by atoms with Crippen molar-refractivity contribution in [3.05, 3.63) is 29.8 Å². The van der Waals surface area contributed by atoms with Crippen LogP contribution in [0.1, 0.15) is 45.8 Å². The number of rotatable bonds is 8. The molecule has 1 aromatic rings. The summed E-state index contributed by atoms with van der Waals surface area (Å²) in [5.41, 5.74) is 0.949. The van der Waals surface area contributed by atoms with E-state index in [9.17, 15) is 5.11 Å². The molecule has 3 nitrogen and oxygen atoms in total. The van der Waals surface area contributed by atoms with Crippen LogP contribution in [0, 0.1) is 0 Å². The van der Waals surface area contributed by atoms with E-state index in [0.29, 0.717) is 19.2 Å². The first-order valence-corrected chi connectivity index (χ1v) is 7.27. The molecule has 3 heteroatoms. The van der Waals surface area contributed by atoms with Gasteiger partial charge in [0, 0.05) is 12.6 Å². The van der Waals surface area contributed by atoms with Crippen LogP contribution >= 0.6 is 0 Å². The second-order valence-corrected chi connectivity index (χ2v) is 4.86. The molecule has 0 aliphatic rings. The minimum atomic E-state index is -0.440. The van der Waals surface area contributed by atoms with Crippen molar-refractivity contribution in [2.75, 3.05) is 19.7 Å². The van der Waals surface area contributed by atoms with Gasteiger partial charge in [-0.1, -0.05) is 26.0 Å². The van der Waals surface area contributed by atoms with Gasteiger partial charge >= 0.3 is 0 Å². The van der Waals surface area contributed by atoms with E-state index in [4.69, 9.17) is 4.74 Å². The number of hydrogen-bond donors (Lipinski definition) is 1. The molecule has 0 aliphatic carbocycles. The van der Waals surface area contributed by atoms with Crippen LogP contribution < -0.4 is 4.74 Å². The second-order valence-electron chi connectivity index (χ2n) is 4.86. The third kappa shape index (κ3) is 4.84. The molecule has 0 spiro atoms. The van der Waals surface area contributed by atoms with E-state index in [-0.39, 0.29) is 0 Å². The van der Waals surface area contributed by atoms with Gasteiger partial charge in [-0.15, -0.1) is 0 Å². The average molecular weight is 265 g/mol. The molecule has 0 amide bonds. The Bertz CT molecular complexity index is 350. The highest BCUT2D eigenvalue weighted by molar-refractivity contribution is 5.28. The second kappa shape index (κ2) is 8.18. The molecule has 1 rings (SSSR count). The largest absolute Gasteiger partial charge is 0.494 e. The van der Waals surface area contributed by atoms with Gasteiger partial charge in [0.25, 0.3) is 0 Å². The number of aliphatic hydroxyl groups excluding tert-OH is 1. The van der Waals surface area contributed by atoms with Gasteiger partial charge in [-0.05, 0) is 44.5 Å². The van der Waals surface area contributed by atoms with Crippen LogP contribution in [0.4, 0.5) is 0 Å². The predicted octanol–water partition coefficient (Wildman–Crippen LogP) is 3.24. The van der Waals surface area contributed by atoms with E-state index in [2.05, 4.69) is 25.7 Å². The van der Waals surface area contributed by atoms with E-state index in [0.717, 1.165) is 24.3 Å². The molecule has 0 heterocycles. The molecule has 2 unspecified atom stereocenters. The molecule has 0 aliphatic heterocycles. The molecular weight excluding hydrogens is 238 g/mol. The third-order valence-corrected chi connectivity index (χ3v) is 3.60. The van der Waals surface area contributed by atoms with Gasteiger partial charge in [-0.2, -0.15) is 0 Å². The maximum Gasteiger partial charge on any atom is 0.119 e. The summed E-state index contributed by atoms with van der Waals surface area (Å²) < 4.78 is 5.41. The van der Waals surface area contributed by atoms with Crippen molar-refractivity contribution >= 4 is 0 Å². The fourth-order valence-corrected chi connectivity index (χ4v) is 2.16. The van der Waals surface area contributed by atoms with Crippen LogP contribution in [-0.2, 0) is 0 Å². The Morgan fingerprint density at radius 3 is 2.26 bits per heavy atom. The van der Waals surface area contributed by atoms with E-state index in [1.54, 1.807) is 0 Å². The van der Waals surface area contributed by atoms with Crippen LogP contribution in [0.2, 0.25) is 0 Å². The van der Waals surface area contributed by atoms with Gasteiger partial charge in [0.15, 0.2) is 0 Å². The lowest BCUT2D eigenvalue weighted by Gasteiger charge is -2.29. The van der Waals surface area contributed by atoms with E-state index in [1.807, 2.05) is 31.2 Å².